The third kappa shape index (κ3) is 1.79. The van der Waals surface area contributed by atoms with E-state index in [0.29, 0.717) is 10.8 Å². The Morgan fingerprint density at radius 2 is 2.14 bits per heavy atom. The van der Waals surface area contributed by atoms with E-state index in [4.69, 9.17) is 11.6 Å². The SMILES string of the molecule is Cc1[nH]cnc1N1C(=O)n2c(cc3c(Cl)cccc32)C1C.Cl. The number of carbonyl (C=O) groups is 1. The van der Waals surface area contributed by atoms with Gasteiger partial charge in [-0.3, -0.25) is 9.47 Å². The van der Waals surface area contributed by atoms with Gasteiger partial charge in [0.15, 0.2) is 5.82 Å². The van der Waals surface area contributed by atoms with Gasteiger partial charge in [-0.2, -0.15) is 0 Å². The van der Waals surface area contributed by atoms with Gasteiger partial charge in [-0.25, -0.2) is 9.78 Å². The number of benzene rings is 1. The lowest BCUT2D eigenvalue weighted by molar-refractivity contribution is 0.250. The average molecular weight is 337 g/mol. The van der Waals surface area contributed by atoms with Crippen molar-refractivity contribution in [2.24, 2.45) is 0 Å². The molecule has 0 radical (unpaired) electrons. The summed E-state index contributed by atoms with van der Waals surface area (Å²) in [5.41, 5.74) is 2.65. The topological polar surface area (TPSA) is 53.9 Å². The quantitative estimate of drug-likeness (QED) is 0.720. The number of nitrogens with zero attached hydrogens (tertiary/aromatic N) is 3. The molecule has 0 saturated heterocycles. The fraction of sp³-hybridized carbons (Fsp3) is 0.200. The predicted octanol–water partition coefficient (Wildman–Crippen LogP) is 4.30. The van der Waals surface area contributed by atoms with Gasteiger partial charge in [0.25, 0.3) is 0 Å². The highest BCUT2D eigenvalue weighted by molar-refractivity contribution is 6.35. The molecule has 7 heteroatoms. The van der Waals surface area contributed by atoms with Crippen molar-refractivity contribution in [2.75, 3.05) is 4.90 Å². The van der Waals surface area contributed by atoms with Crippen LogP contribution >= 0.6 is 24.0 Å². The van der Waals surface area contributed by atoms with Crippen LogP contribution in [0, 0.1) is 6.92 Å². The van der Waals surface area contributed by atoms with Gasteiger partial charge >= 0.3 is 6.03 Å². The summed E-state index contributed by atoms with van der Waals surface area (Å²) in [5.74, 6) is 0.673. The highest BCUT2D eigenvalue weighted by atomic mass is 35.5. The zero-order valence-corrected chi connectivity index (χ0v) is 13.6. The molecule has 114 valence electrons. The van der Waals surface area contributed by atoms with Crippen LogP contribution in [0.5, 0.6) is 0 Å². The standard InChI is InChI=1S/C15H13ClN4O.ClH/c1-8-14(18-7-17-8)19-9(2)13-6-10-11(16)4-3-5-12(10)20(13)15(19)21;/h3-7,9H,1-2H3,(H,17,18);1H. The fourth-order valence-corrected chi connectivity index (χ4v) is 3.23. The molecule has 0 aliphatic carbocycles. The van der Waals surface area contributed by atoms with Gasteiger partial charge in [0.1, 0.15) is 0 Å². The van der Waals surface area contributed by atoms with Gasteiger partial charge in [-0.15, -0.1) is 12.4 Å². The average Bonchev–Trinajstić information content (AvgIpc) is 3.09. The third-order valence-corrected chi connectivity index (χ3v) is 4.40. The van der Waals surface area contributed by atoms with Crippen molar-refractivity contribution in [3.8, 4) is 0 Å². The lowest BCUT2D eigenvalue weighted by Crippen LogP contribution is -2.29. The summed E-state index contributed by atoms with van der Waals surface area (Å²) in [7, 11) is 0. The Morgan fingerprint density at radius 1 is 1.36 bits per heavy atom. The Morgan fingerprint density at radius 3 is 2.82 bits per heavy atom. The molecule has 4 rings (SSSR count). The second kappa shape index (κ2) is 5.04. The van der Waals surface area contributed by atoms with Crippen molar-refractivity contribution in [1.82, 2.24) is 14.5 Å². The molecule has 1 aromatic carbocycles. The van der Waals surface area contributed by atoms with E-state index < -0.39 is 0 Å². The summed E-state index contributed by atoms with van der Waals surface area (Å²) in [6.45, 7) is 3.91. The van der Waals surface area contributed by atoms with Crippen molar-refractivity contribution in [2.45, 2.75) is 19.9 Å². The van der Waals surface area contributed by atoms with Crippen molar-refractivity contribution in [3.63, 3.8) is 0 Å². The summed E-state index contributed by atoms with van der Waals surface area (Å²) in [6.07, 6.45) is 1.60. The van der Waals surface area contributed by atoms with E-state index in [-0.39, 0.29) is 24.5 Å². The molecule has 1 amide bonds. The molecule has 0 bridgehead atoms. The summed E-state index contributed by atoms with van der Waals surface area (Å²) in [6, 6.07) is 7.43. The molecule has 1 N–H and O–H groups in total. The Labute approximate surface area is 138 Å². The smallest absolute Gasteiger partial charge is 0.335 e. The van der Waals surface area contributed by atoms with Crippen LogP contribution in [0.15, 0.2) is 30.6 Å². The van der Waals surface area contributed by atoms with Gasteiger partial charge in [0.05, 0.1) is 29.3 Å². The Bertz CT molecular complexity index is 883. The van der Waals surface area contributed by atoms with Gasteiger partial charge < -0.3 is 4.98 Å². The van der Waals surface area contributed by atoms with E-state index in [1.54, 1.807) is 15.8 Å². The zero-order chi connectivity index (χ0) is 14.7. The first-order valence-electron chi connectivity index (χ1n) is 6.73. The largest absolute Gasteiger partial charge is 0.347 e. The lowest BCUT2D eigenvalue weighted by Gasteiger charge is -2.19. The number of anilines is 1. The van der Waals surface area contributed by atoms with E-state index >= 15 is 0 Å². The molecule has 1 atom stereocenters. The van der Waals surface area contributed by atoms with Crippen LogP contribution in [0.25, 0.3) is 10.9 Å². The van der Waals surface area contributed by atoms with E-state index in [9.17, 15) is 4.79 Å². The van der Waals surface area contributed by atoms with Crippen LogP contribution in [0.4, 0.5) is 10.6 Å². The molecular weight excluding hydrogens is 323 g/mol. The first-order valence-corrected chi connectivity index (χ1v) is 7.11. The van der Waals surface area contributed by atoms with Gasteiger partial charge in [0, 0.05) is 10.4 Å². The first-order chi connectivity index (χ1) is 10.1. The summed E-state index contributed by atoms with van der Waals surface area (Å²) < 4.78 is 1.72. The van der Waals surface area contributed by atoms with Gasteiger partial charge in [-0.1, -0.05) is 17.7 Å². The minimum atomic E-state index is -0.0926. The summed E-state index contributed by atoms with van der Waals surface area (Å²) in [4.78, 5) is 21.8. The van der Waals surface area contributed by atoms with Gasteiger partial charge in [0.2, 0.25) is 0 Å². The number of amides is 1. The number of carbonyl (C=O) groups excluding carboxylic acids is 1. The molecule has 22 heavy (non-hydrogen) atoms. The van der Waals surface area contributed by atoms with E-state index in [0.717, 1.165) is 22.3 Å². The van der Waals surface area contributed by atoms with Crippen LogP contribution in [-0.2, 0) is 0 Å². The highest BCUT2D eigenvalue weighted by Gasteiger charge is 2.38. The molecular formula is C15H14Cl2N4O. The zero-order valence-electron chi connectivity index (χ0n) is 12.0. The minimum absolute atomic E-state index is 0. The molecule has 1 unspecified atom stereocenters. The minimum Gasteiger partial charge on any atom is -0.347 e. The number of nitrogens with one attached hydrogen (secondary N) is 1. The number of H-pyrrole nitrogens is 1. The molecule has 2 aromatic heterocycles. The molecule has 1 aliphatic heterocycles. The highest BCUT2D eigenvalue weighted by Crippen LogP contribution is 2.39. The maximum atomic E-state index is 12.8. The molecule has 0 spiro atoms. The molecule has 0 saturated carbocycles. The molecule has 1 aliphatic rings. The maximum absolute atomic E-state index is 12.8. The van der Waals surface area contributed by atoms with Crippen molar-refractivity contribution in [3.05, 3.63) is 47.0 Å². The number of fused-ring (bicyclic) bond motifs is 3. The summed E-state index contributed by atoms with van der Waals surface area (Å²) in [5, 5.41) is 1.57. The molecule has 3 aromatic rings. The normalized spacial score (nSPS) is 17.0. The Kier molecular flexibility index (Phi) is 3.42. The number of imidazole rings is 1. The molecule has 0 fully saturated rings. The lowest BCUT2D eigenvalue weighted by atomic mass is 10.2. The molecule has 5 nitrogen and oxygen atoms in total. The predicted molar refractivity (Wildman–Crippen MR) is 89.2 cm³/mol. The van der Waals surface area contributed by atoms with Crippen LogP contribution in [0.1, 0.15) is 24.4 Å². The summed E-state index contributed by atoms with van der Waals surface area (Å²) >= 11 is 6.22. The van der Waals surface area contributed by atoms with Crippen LogP contribution in [-0.4, -0.2) is 20.6 Å². The van der Waals surface area contributed by atoms with Crippen LogP contribution < -0.4 is 4.90 Å². The Hall–Kier alpha value is -1.98. The maximum Gasteiger partial charge on any atom is 0.335 e. The second-order valence-electron chi connectivity index (χ2n) is 5.26. The number of rotatable bonds is 1. The van der Waals surface area contributed by atoms with Crippen molar-refractivity contribution < 1.29 is 4.79 Å². The number of aryl methyl sites for hydroxylation is 1. The van der Waals surface area contributed by atoms with Crippen LogP contribution in [0.3, 0.4) is 0 Å². The van der Waals surface area contributed by atoms with Crippen molar-refractivity contribution >= 4 is 46.8 Å². The Balaban J connectivity index is 0.00000144. The monoisotopic (exact) mass is 336 g/mol. The number of halogens is 2. The number of aromatic nitrogens is 3. The van der Waals surface area contributed by atoms with E-state index in [1.165, 1.54) is 0 Å². The number of hydrogen-bond acceptors (Lipinski definition) is 2. The van der Waals surface area contributed by atoms with Crippen LogP contribution in [0.2, 0.25) is 5.02 Å². The van der Waals surface area contributed by atoms with E-state index in [1.807, 2.05) is 38.1 Å². The first kappa shape index (κ1) is 14.9. The van der Waals surface area contributed by atoms with Crippen molar-refractivity contribution in [1.29, 1.82) is 0 Å². The third-order valence-electron chi connectivity index (χ3n) is 4.07. The van der Waals surface area contributed by atoms with E-state index in [2.05, 4.69) is 9.97 Å². The van der Waals surface area contributed by atoms with Gasteiger partial charge in [-0.05, 0) is 32.0 Å². The molecule has 3 heterocycles. The fourth-order valence-electron chi connectivity index (χ4n) is 3.01. The number of aromatic amines is 1. The second-order valence-corrected chi connectivity index (χ2v) is 5.66. The number of hydrogen-bond donors (Lipinski definition) is 1.